The van der Waals surface area contributed by atoms with Crippen LogP contribution in [0.2, 0.25) is 0 Å². The van der Waals surface area contributed by atoms with Gasteiger partial charge in [0.25, 0.3) is 5.91 Å². The lowest BCUT2D eigenvalue weighted by molar-refractivity contribution is -0.121. The number of furan rings is 1. The highest BCUT2D eigenvalue weighted by Gasteiger charge is 2.29. The molecule has 5 nitrogen and oxygen atoms in total. The molecule has 0 radical (unpaired) electrons. The number of rotatable bonds is 4. The van der Waals surface area contributed by atoms with Gasteiger partial charge in [-0.05, 0) is 60.4 Å². The summed E-state index contributed by atoms with van der Waals surface area (Å²) in [4.78, 5) is 26.9. The van der Waals surface area contributed by atoms with Crippen molar-refractivity contribution in [3.05, 3.63) is 78.5 Å². The van der Waals surface area contributed by atoms with Gasteiger partial charge in [0.15, 0.2) is 5.76 Å². The van der Waals surface area contributed by atoms with Crippen molar-refractivity contribution in [3.63, 3.8) is 0 Å². The summed E-state index contributed by atoms with van der Waals surface area (Å²) in [7, 11) is 0. The quantitative estimate of drug-likeness (QED) is 0.707. The number of piperidine rings is 1. The van der Waals surface area contributed by atoms with E-state index in [0.717, 1.165) is 24.0 Å². The summed E-state index contributed by atoms with van der Waals surface area (Å²) in [5.41, 5.74) is 2.43. The first-order valence-electron chi connectivity index (χ1n) is 9.60. The maximum Gasteiger partial charge on any atom is 0.289 e. The summed E-state index contributed by atoms with van der Waals surface area (Å²) in [5, 5.41) is 2.95. The Kier molecular flexibility index (Phi) is 5.42. The number of hydrogen-bond acceptors (Lipinski definition) is 3. The lowest BCUT2D eigenvalue weighted by Gasteiger charge is -2.31. The van der Waals surface area contributed by atoms with Crippen LogP contribution in [0.1, 0.15) is 23.4 Å². The maximum atomic E-state index is 13.1. The second-order valence-electron chi connectivity index (χ2n) is 7.14. The van der Waals surface area contributed by atoms with Crippen molar-refractivity contribution in [3.8, 4) is 11.1 Å². The van der Waals surface area contributed by atoms with E-state index in [1.807, 2.05) is 24.3 Å². The Balaban J connectivity index is 1.43. The zero-order chi connectivity index (χ0) is 20.2. The number of carbonyl (C=O) groups is 2. The average molecular weight is 392 g/mol. The Bertz CT molecular complexity index is 999. The van der Waals surface area contributed by atoms with E-state index in [9.17, 15) is 14.0 Å². The summed E-state index contributed by atoms with van der Waals surface area (Å²) in [5.74, 6) is -0.580. The van der Waals surface area contributed by atoms with Crippen LogP contribution in [0.15, 0.2) is 71.3 Å². The molecule has 0 aliphatic carbocycles. The van der Waals surface area contributed by atoms with Crippen LogP contribution < -0.4 is 5.32 Å². The van der Waals surface area contributed by atoms with E-state index in [1.54, 1.807) is 29.2 Å². The first-order valence-corrected chi connectivity index (χ1v) is 9.60. The molecule has 2 aromatic carbocycles. The fourth-order valence-electron chi connectivity index (χ4n) is 3.59. The van der Waals surface area contributed by atoms with Gasteiger partial charge in [-0.25, -0.2) is 4.39 Å². The molecule has 1 aliphatic heterocycles. The lowest BCUT2D eigenvalue weighted by Crippen LogP contribution is -2.43. The van der Waals surface area contributed by atoms with Gasteiger partial charge in [-0.1, -0.05) is 24.3 Å². The van der Waals surface area contributed by atoms with Crippen molar-refractivity contribution in [2.45, 2.75) is 12.8 Å². The van der Waals surface area contributed by atoms with E-state index in [4.69, 9.17) is 4.42 Å². The molecule has 3 aromatic rings. The molecule has 1 aliphatic rings. The highest BCUT2D eigenvalue weighted by Crippen LogP contribution is 2.25. The first-order chi connectivity index (χ1) is 14.1. The van der Waals surface area contributed by atoms with Crippen molar-refractivity contribution < 1.29 is 18.4 Å². The molecule has 0 bridgehead atoms. The molecule has 0 spiro atoms. The number of halogens is 1. The molecule has 1 saturated heterocycles. The number of nitrogens with zero attached hydrogens (tertiary/aromatic N) is 1. The van der Waals surface area contributed by atoms with Crippen molar-refractivity contribution in [1.29, 1.82) is 0 Å². The summed E-state index contributed by atoms with van der Waals surface area (Å²) >= 11 is 0. The fraction of sp³-hybridized carbons (Fsp3) is 0.217. The normalized spacial score (nSPS) is 16.4. The highest BCUT2D eigenvalue weighted by molar-refractivity contribution is 5.95. The van der Waals surface area contributed by atoms with E-state index < -0.39 is 0 Å². The molecule has 1 aromatic heterocycles. The van der Waals surface area contributed by atoms with E-state index in [1.165, 1.54) is 18.4 Å². The SMILES string of the molecule is O=C(Nc1cccc(-c2ccc(F)cc2)c1)[C@@H]1CCCN(C(=O)c2ccco2)C1. The van der Waals surface area contributed by atoms with E-state index in [0.29, 0.717) is 18.8 Å². The second kappa shape index (κ2) is 8.31. The third-order valence-corrected chi connectivity index (χ3v) is 5.12. The van der Waals surface area contributed by atoms with Gasteiger partial charge in [0.1, 0.15) is 5.82 Å². The number of amides is 2. The molecule has 2 heterocycles. The Morgan fingerprint density at radius 2 is 1.86 bits per heavy atom. The largest absolute Gasteiger partial charge is 0.459 e. The van der Waals surface area contributed by atoms with Gasteiger partial charge < -0.3 is 14.6 Å². The first kappa shape index (κ1) is 18.9. The summed E-state index contributed by atoms with van der Waals surface area (Å²) in [6, 6.07) is 17.0. The Morgan fingerprint density at radius 1 is 1.03 bits per heavy atom. The number of carbonyl (C=O) groups excluding carboxylic acids is 2. The topological polar surface area (TPSA) is 62.6 Å². The van der Waals surface area contributed by atoms with Crippen LogP contribution in [-0.4, -0.2) is 29.8 Å². The smallest absolute Gasteiger partial charge is 0.289 e. The van der Waals surface area contributed by atoms with Crippen LogP contribution in [0.5, 0.6) is 0 Å². The maximum absolute atomic E-state index is 13.1. The van der Waals surface area contributed by atoms with Crippen molar-refractivity contribution >= 4 is 17.5 Å². The Morgan fingerprint density at radius 3 is 2.62 bits per heavy atom. The van der Waals surface area contributed by atoms with Crippen molar-refractivity contribution in [2.24, 2.45) is 5.92 Å². The van der Waals surface area contributed by atoms with E-state index in [2.05, 4.69) is 5.32 Å². The molecule has 4 rings (SSSR count). The molecule has 0 saturated carbocycles. The number of benzene rings is 2. The van der Waals surface area contributed by atoms with Gasteiger partial charge in [-0.2, -0.15) is 0 Å². The minimum atomic E-state index is -0.288. The van der Waals surface area contributed by atoms with E-state index >= 15 is 0 Å². The third kappa shape index (κ3) is 4.37. The lowest BCUT2D eigenvalue weighted by atomic mass is 9.96. The number of nitrogens with one attached hydrogen (secondary N) is 1. The number of anilines is 1. The molecular formula is C23H21FN2O3. The summed E-state index contributed by atoms with van der Waals surface area (Å²) in [6.07, 6.45) is 2.96. The van der Waals surface area contributed by atoms with Crippen LogP contribution in [0, 0.1) is 11.7 Å². The summed E-state index contributed by atoms with van der Waals surface area (Å²) in [6.45, 7) is 0.979. The van der Waals surface area contributed by atoms with Gasteiger partial charge in [0.05, 0.1) is 12.2 Å². The van der Waals surface area contributed by atoms with Gasteiger partial charge in [0.2, 0.25) is 5.91 Å². The van der Waals surface area contributed by atoms with Crippen molar-refractivity contribution in [1.82, 2.24) is 4.90 Å². The van der Waals surface area contributed by atoms with Gasteiger partial charge in [-0.3, -0.25) is 9.59 Å². The van der Waals surface area contributed by atoms with Gasteiger partial charge in [-0.15, -0.1) is 0 Å². The van der Waals surface area contributed by atoms with Crippen LogP contribution in [-0.2, 0) is 4.79 Å². The second-order valence-corrected chi connectivity index (χ2v) is 7.14. The predicted molar refractivity (Wildman–Crippen MR) is 108 cm³/mol. The van der Waals surface area contributed by atoms with Gasteiger partial charge in [0, 0.05) is 18.8 Å². The molecule has 1 N–H and O–H groups in total. The molecule has 29 heavy (non-hydrogen) atoms. The van der Waals surface area contributed by atoms with Crippen LogP contribution >= 0.6 is 0 Å². The fourth-order valence-corrected chi connectivity index (χ4v) is 3.59. The zero-order valence-electron chi connectivity index (χ0n) is 15.8. The molecule has 0 unspecified atom stereocenters. The Hall–Kier alpha value is -3.41. The average Bonchev–Trinajstić information content (AvgIpc) is 3.29. The zero-order valence-corrected chi connectivity index (χ0v) is 15.8. The standard InChI is InChI=1S/C23H21FN2O3/c24-19-10-8-16(9-11-19)17-4-1-6-20(14-17)25-22(27)18-5-2-12-26(15-18)23(28)21-7-3-13-29-21/h1,3-4,6-11,13-14,18H,2,5,12,15H2,(H,25,27)/t18-/m1/s1. The molecule has 1 atom stereocenters. The van der Waals surface area contributed by atoms with Gasteiger partial charge >= 0.3 is 0 Å². The third-order valence-electron chi connectivity index (χ3n) is 5.12. The highest BCUT2D eigenvalue weighted by atomic mass is 19.1. The monoisotopic (exact) mass is 392 g/mol. The summed E-state index contributed by atoms with van der Waals surface area (Å²) < 4.78 is 18.3. The number of likely N-dealkylation sites (tertiary alicyclic amines) is 1. The molecule has 1 fully saturated rings. The molecule has 6 heteroatoms. The molecular weight excluding hydrogens is 371 g/mol. The van der Waals surface area contributed by atoms with Crippen LogP contribution in [0.4, 0.5) is 10.1 Å². The van der Waals surface area contributed by atoms with Crippen molar-refractivity contribution in [2.75, 3.05) is 18.4 Å². The minimum Gasteiger partial charge on any atom is -0.459 e. The number of hydrogen-bond donors (Lipinski definition) is 1. The van der Waals surface area contributed by atoms with Crippen LogP contribution in [0.25, 0.3) is 11.1 Å². The van der Waals surface area contributed by atoms with Crippen LogP contribution in [0.3, 0.4) is 0 Å². The van der Waals surface area contributed by atoms with E-state index in [-0.39, 0.29) is 29.3 Å². The molecule has 2 amide bonds. The Labute approximate surface area is 168 Å². The minimum absolute atomic E-state index is 0.113. The molecule has 148 valence electrons. The predicted octanol–water partition coefficient (Wildman–Crippen LogP) is 4.58.